The van der Waals surface area contributed by atoms with E-state index in [2.05, 4.69) is 60.6 Å². The van der Waals surface area contributed by atoms with E-state index in [0.29, 0.717) is 17.8 Å². The first-order valence-corrected chi connectivity index (χ1v) is 48.5. The van der Waals surface area contributed by atoms with E-state index in [1.165, 1.54) is 57.8 Å². The van der Waals surface area contributed by atoms with E-state index < -0.39 is 55.1 Å². The number of esters is 6. The van der Waals surface area contributed by atoms with Gasteiger partial charge in [0.05, 0.1) is 32.5 Å². The molecule has 7 aromatic rings. The second kappa shape index (κ2) is 46.8. The Hall–Kier alpha value is -8.64. The van der Waals surface area contributed by atoms with Crippen LogP contribution >= 0.6 is 0 Å². The standard InChI is InChI=1S/C22H38O2.C21H26O2.C20H30O2.C20H24O2.C17H26O2.C15H22O2/c1-6-20(4,5)19(23)24-22(7-2,8-3)15-21-12-16-9-17(13-21)11-18(10-16)14-21;1-5-20(3,4)19(22)23-21(6-2,17-13-9-7-10-14-17)18-15-11-8-12-16-18;2*1-5-19(2,3)18(21)22-20(4,16-12-8-6-9-13-16)17-14-10-7-11-15-17;1-6-16(4,5)15(18)19-17(7-2,8-3)14-12-10-9-11-13-14;1-6-14(2,3)13(16)17-15(4,5)12-10-8-7-9-11-12/h16-18H,6-15H2,1-5H3;7-16H,5-6H2,1-4H3;6,8-9,12-13,17H,5,7,10-11,14-15H2,1-4H3;6-15H,5H2,1-4H3;9-13H,6-8H2,1-5H3;7-11H,6H2,1-5H3. The lowest BCUT2D eigenvalue weighted by Gasteiger charge is -2.59. The fraction of sp³-hybridized carbons (Fsp3) is 0.583. The molecule has 0 heterocycles. The minimum absolute atomic E-state index is 0.0124. The van der Waals surface area contributed by atoms with Crippen molar-refractivity contribution in [1.82, 2.24) is 0 Å². The Labute approximate surface area is 769 Å². The Morgan fingerprint density at radius 3 is 0.866 bits per heavy atom. The lowest BCUT2D eigenvalue weighted by atomic mass is 9.47. The molecule has 4 bridgehead atoms. The van der Waals surface area contributed by atoms with Gasteiger partial charge >= 0.3 is 35.8 Å². The van der Waals surface area contributed by atoms with Crippen LogP contribution in [-0.2, 0) is 85.2 Å². The first-order chi connectivity index (χ1) is 59.7. The molecule has 0 spiro atoms. The lowest BCUT2D eigenvalue weighted by Crippen LogP contribution is -2.51. The van der Waals surface area contributed by atoms with Gasteiger partial charge in [-0.15, -0.1) is 0 Å². The Balaban J connectivity index is 0.000000236. The molecule has 698 valence electrons. The Morgan fingerprint density at radius 1 is 0.276 bits per heavy atom. The molecule has 5 fully saturated rings. The van der Waals surface area contributed by atoms with Crippen molar-refractivity contribution in [2.75, 3.05) is 0 Å². The topological polar surface area (TPSA) is 158 Å². The van der Waals surface area contributed by atoms with E-state index in [1.807, 2.05) is 339 Å². The van der Waals surface area contributed by atoms with Gasteiger partial charge in [-0.1, -0.05) is 308 Å². The third-order valence-corrected chi connectivity index (χ3v) is 29.9. The summed E-state index contributed by atoms with van der Waals surface area (Å²) in [6.45, 7) is 54.1. The van der Waals surface area contributed by atoms with Crippen molar-refractivity contribution in [2.24, 2.45) is 61.6 Å². The number of benzene rings is 7. The Bertz CT molecular complexity index is 4340. The summed E-state index contributed by atoms with van der Waals surface area (Å²) >= 11 is 0. The summed E-state index contributed by atoms with van der Waals surface area (Å²) in [4.78, 5) is 75.4. The molecule has 5 aliphatic carbocycles. The first-order valence-electron chi connectivity index (χ1n) is 48.5. The number of carbonyl (C=O) groups is 6. The Morgan fingerprint density at radius 2 is 0.551 bits per heavy atom. The van der Waals surface area contributed by atoms with E-state index in [1.54, 1.807) is 0 Å². The number of ether oxygens (including phenoxy) is 6. The van der Waals surface area contributed by atoms with Crippen molar-refractivity contribution in [1.29, 1.82) is 0 Å². The summed E-state index contributed by atoms with van der Waals surface area (Å²) in [5, 5.41) is 0. The number of hydrogen-bond acceptors (Lipinski definition) is 12. The molecule has 12 rings (SSSR count). The van der Waals surface area contributed by atoms with Gasteiger partial charge in [0.1, 0.15) is 22.4 Å². The number of carbonyl (C=O) groups excluding carboxylic acids is 6. The molecule has 0 radical (unpaired) electrons. The third-order valence-electron chi connectivity index (χ3n) is 29.9. The molecule has 0 aliphatic heterocycles. The molecular weight excluding hydrogens is 1570 g/mol. The molecule has 12 heteroatoms. The smallest absolute Gasteiger partial charge is 0.312 e. The van der Waals surface area contributed by atoms with Crippen LogP contribution in [0.2, 0.25) is 0 Å². The highest BCUT2D eigenvalue weighted by Gasteiger charge is 2.55. The van der Waals surface area contributed by atoms with Crippen LogP contribution < -0.4 is 0 Å². The maximum atomic E-state index is 12.8. The molecule has 0 amide bonds. The van der Waals surface area contributed by atoms with Crippen LogP contribution in [0, 0.1) is 61.6 Å². The summed E-state index contributed by atoms with van der Waals surface area (Å²) in [5.41, 5.74) is 1.67. The zero-order valence-corrected chi connectivity index (χ0v) is 83.7. The maximum absolute atomic E-state index is 12.8. The van der Waals surface area contributed by atoms with E-state index in [0.717, 1.165) is 140 Å². The summed E-state index contributed by atoms with van der Waals surface area (Å²) < 4.78 is 36.3. The summed E-state index contributed by atoms with van der Waals surface area (Å²) in [7, 11) is 0. The molecule has 0 saturated heterocycles. The van der Waals surface area contributed by atoms with Crippen molar-refractivity contribution in [3.63, 3.8) is 0 Å². The second-order valence-electron chi connectivity index (χ2n) is 41.7. The highest BCUT2D eigenvalue weighted by Crippen LogP contribution is 2.63. The van der Waals surface area contributed by atoms with E-state index in [4.69, 9.17) is 28.4 Å². The average molecular weight is 1740 g/mol. The molecule has 7 aromatic carbocycles. The molecule has 0 N–H and O–H groups in total. The minimum Gasteiger partial charge on any atom is -0.459 e. The van der Waals surface area contributed by atoms with Crippen molar-refractivity contribution in [2.45, 2.75) is 368 Å². The van der Waals surface area contributed by atoms with Crippen molar-refractivity contribution < 1.29 is 57.2 Å². The van der Waals surface area contributed by atoms with Crippen molar-refractivity contribution in [3.05, 3.63) is 251 Å². The van der Waals surface area contributed by atoms with Crippen LogP contribution in [0.5, 0.6) is 0 Å². The molecule has 0 aromatic heterocycles. The summed E-state index contributed by atoms with van der Waals surface area (Å²) in [6, 6.07) is 70.0. The van der Waals surface area contributed by atoms with Gasteiger partial charge in [-0.3, -0.25) is 28.8 Å². The molecule has 1 unspecified atom stereocenters. The van der Waals surface area contributed by atoms with Gasteiger partial charge in [-0.05, 0) is 290 Å². The normalized spacial score (nSPS) is 17.8. The van der Waals surface area contributed by atoms with E-state index >= 15 is 0 Å². The van der Waals surface area contributed by atoms with Crippen LogP contribution in [0.1, 0.15) is 374 Å². The zero-order chi connectivity index (χ0) is 94.6. The summed E-state index contributed by atoms with van der Waals surface area (Å²) in [6.07, 6.45) is 24.7. The quantitative estimate of drug-likeness (QED) is 0.0284. The maximum Gasteiger partial charge on any atom is 0.312 e. The average Bonchev–Trinajstić information content (AvgIpc) is 0.399. The van der Waals surface area contributed by atoms with Gasteiger partial charge in [-0.2, -0.15) is 0 Å². The van der Waals surface area contributed by atoms with Gasteiger partial charge in [0.15, 0.2) is 11.2 Å². The van der Waals surface area contributed by atoms with Crippen molar-refractivity contribution >= 4 is 35.8 Å². The van der Waals surface area contributed by atoms with Crippen LogP contribution in [0.4, 0.5) is 0 Å². The molecule has 127 heavy (non-hydrogen) atoms. The number of hydrogen-bond donors (Lipinski definition) is 0. The number of rotatable bonds is 33. The van der Waals surface area contributed by atoms with Crippen LogP contribution in [-0.4, -0.2) is 41.4 Å². The van der Waals surface area contributed by atoms with E-state index in [-0.39, 0.29) is 46.8 Å². The fourth-order valence-corrected chi connectivity index (χ4v) is 18.0. The van der Waals surface area contributed by atoms with Crippen LogP contribution in [0.25, 0.3) is 0 Å². The second-order valence-corrected chi connectivity index (χ2v) is 41.7. The molecule has 5 saturated carbocycles. The molecule has 12 nitrogen and oxygen atoms in total. The Kier molecular flexibility index (Phi) is 39.4. The molecular formula is C115H166O12. The first kappa shape index (κ1) is 107. The lowest BCUT2D eigenvalue weighted by molar-refractivity contribution is -0.182. The predicted octanol–water partition coefficient (Wildman–Crippen LogP) is 30.4. The summed E-state index contributed by atoms with van der Waals surface area (Å²) in [5.74, 6) is 2.66. The highest BCUT2D eigenvalue weighted by molar-refractivity contribution is 5.79. The highest BCUT2D eigenvalue weighted by atomic mass is 16.6. The minimum atomic E-state index is -0.786. The van der Waals surface area contributed by atoms with Gasteiger partial charge in [0.2, 0.25) is 0 Å². The van der Waals surface area contributed by atoms with Crippen LogP contribution in [0.15, 0.2) is 212 Å². The monoisotopic (exact) mass is 1740 g/mol. The van der Waals surface area contributed by atoms with Gasteiger partial charge < -0.3 is 28.4 Å². The van der Waals surface area contributed by atoms with Gasteiger partial charge in [-0.25, -0.2) is 0 Å². The zero-order valence-electron chi connectivity index (χ0n) is 83.7. The van der Waals surface area contributed by atoms with Gasteiger partial charge in [0, 0.05) is 17.0 Å². The largest absolute Gasteiger partial charge is 0.459 e. The predicted molar refractivity (Wildman–Crippen MR) is 521 cm³/mol. The SMILES string of the molecule is CCC(C)(C)C(=O)OC(C)(C)c1ccccc1.CCC(C)(C)C(=O)OC(C)(c1ccccc1)C1CCCCC1.CCC(C)(C)C(=O)OC(C)(c1ccccc1)c1ccccc1.CCC(C)(C)C(=O)OC(CC)(CC)c1ccccc1.CCC(C)(C)C(=O)OC(CC)(c1ccccc1)c1ccccc1.CCC(CC)(CC12CC3CC(CC(C3)C1)C2)OC(=O)C(C)(C)CC. The van der Waals surface area contributed by atoms with E-state index in [9.17, 15) is 28.8 Å². The van der Waals surface area contributed by atoms with Gasteiger partial charge in [0.25, 0.3) is 0 Å². The fourth-order valence-electron chi connectivity index (χ4n) is 18.0. The molecule has 5 aliphatic rings. The van der Waals surface area contributed by atoms with Crippen molar-refractivity contribution in [3.8, 4) is 0 Å². The molecule has 1 atom stereocenters. The third kappa shape index (κ3) is 28.2. The van der Waals surface area contributed by atoms with Crippen LogP contribution in [0.3, 0.4) is 0 Å².